The van der Waals surface area contributed by atoms with Gasteiger partial charge in [0, 0.05) is 32.7 Å². The standard InChI is InChI=1S/C9H15N3O2/c1-6-7(4-5-13)8(14)11-9(10-6)12(2)3/h13H,4-5H2,1-3H3,(H,10,11,14). The van der Waals surface area contributed by atoms with Crippen molar-refractivity contribution < 1.29 is 5.11 Å². The maximum absolute atomic E-state index is 11.5. The van der Waals surface area contributed by atoms with E-state index in [1.807, 2.05) is 14.1 Å². The summed E-state index contributed by atoms with van der Waals surface area (Å²) in [5.74, 6) is 0.536. The quantitative estimate of drug-likeness (QED) is 0.696. The van der Waals surface area contributed by atoms with Gasteiger partial charge in [0.2, 0.25) is 5.95 Å². The Morgan fingerprint density at radius 2 is 2.14 bits per heavy atom. The minimum atomic E-state index is -0.171. The molecule has 0 aromatic carbocycles. The van der Waals surface area contributed by atoms with Gasteiger partial charge in [-0.1, -0.05) is 0 Å². The molecule has 0 radical (unpaired) electrons. The fraction of sp³-hybridized carbons (Fsp3) is 0.556. The van der Waals surface area contributed by atoms with Gasteiger partial charge in [-0.25, -0.2) is 4.98 Å². The molecule has 0 saturated carbocycles. The van der Waals surface area contributed by atoms with Gasteiger partial charge in [-0.15, -0.1) is 0 Å². The third kappa shape index (κ3) is 2.11. The number of hydrogen-bond donors (Lipinski definition) is 2. The molecule has 0 fully saturated rings. The number of aliphatic hydroxyl groups excluding tert-OH is 1. The highest BCUT2D eigenvalue weighted by Crippen LogP contribution is 2.04. The fourth-order valence-electron chi connectivity index (χ4n) is 1.21. The van der Waals surface area contributed by atoms with Crippen molar-refractivity contribution in [2.75, 3.05) is 25.6 Å². The largest absolute Gasteiger partial charge is 0.396 e. The minimum Gasteiger partial charge on any atom is -0.396 e. The maximum Gasteiger partial charge on any atom is 0.255 e. The van der Waals surface area contributed by atoms with Gasteiger partial charge >= 0.3 is 0 Å². The van der Waals surface area contributed by atoms with Crippen LogP contribution in [0.5, 0.6) is 0 Å². The molecule has 0 aliphatic carbocycles. The van der Waals surface area contributed by atoms with Crippen molar-refractivity contribution in [1.29, 1.82) is 0 Å². The first kappa shape index (κ1) is 10.7. The van der Waals surface area contributed by atoms with Gasteiger partial charge in [0.15, 0.2) is 0 Å². The van der Waals surface area contributed by atoms with E-state index in [1.54, 1.807) is 11.8 Å². The highest BCUT2D eigenvalue weighted by atomic mass is 16.3. The molecule has 0 amide bonds. The lowest BCUT2D eigenvalue weighted by Gasteiger charge is -2.12. The monoisotopic (exact) mass is 197 g/mol. The number of aryl methyl sites for hydroxylation is 1. The van der Waals surface area contributed by atoms with Gasteiger partial charge in [-0.05, 0) is 6.92 Å². The number of hydrogen-bond acceptors (Lipinski definition) is 4. The van der Waals surface area contributed by atoms with Crippen LogP contribution in [-0.2, 0) is 6.42 Å². The molecule has 0 spiro atoms. The second kappa shape index (κ2) is 4.23. The van der Waals surface area contributed by atoms with Crippen LogP contribution >= 0.6 is 0 Å². The number of aliphatic hydroxyl groups is 1. The van der Waals surface area contributed by atoms with Crippen molar-refractivity contribution in [3.05, 3.63) is 21.6 Å². The normalized spacial score (nSPS) is 10.3. The SMILES string of the molecule is Cc1nc(N(C)C)[nH]c(=O)c1CCO. The summed E-state index contributed by atoms with van der Waals surface area (Å²) < 4.78 is 0. The summed E-state index contributed by atoms with van der Waals surface area (Å²) in [6, 6.07) is 0. The van der Waals surface area contributed by atoms with Crippen LogP contribution in [0, 0.1) is 6.92 Å². The van der Waals surface area contributed by atoms with E-state index in [-0.39, 0.29) is 12.2 Å². The first-order valence-corrected chi connectivity index (χ1v) is 4.44. The lowest BCUT2D eigenvalue weighted by Crippen LogP contribution is -2.23. The van der Waals surface area contributed by atoms with Crippen LogP contribution in [0.25, 0.3) is 0 Å². The number of nitrogens with zero attached hydrogens (tertiary/aromatic N) is 2. The molecule has 1 rings (SSSR count). The second-order valence-corrected chi connectivity index (χ2v) is 3.32. The summed E-state index contributed by atoms with van der Waals surface area (Å²) in [6.45, 7) is 1.74. The number of H-pyrrole nitrogens is 1. The second-order valence-electron chi connectivity index (χ2n) is 3.32. The molecule has 0 bridgehead atoms. The Balaban J connectivity index is 3.18. The van der Waals surface area contributed by atoms with Crippen LogP contribution < -0.4 is 10.5 Å². The number of aromatic amines is 1. The maximum atomic E-state index is 11.5. The van der Waals surface area contributed by atoms with E-state index >= 15 is 0 Å². The lowest BCUT2D eigenvalue weighted by atomic mass is 10.2. The van der Waals surface area contributed by atoms with E-state index in [2.05, 4.69) is 9.97 Å². The fourth-order valence-corrected chi connectivity index (χ4v) is 1.21. The Bertz CT molecular complexity index is 371. The topological polar surface area (TPSA) is 69.2 Å². The lowest BCUT2D eigenvalue weighted by molar-refractivity contribution is 0.298. The summed E-state index contributed by atoms with van der Waals surface area (Å²) >= 11 is 0. The molecule has 0 saturated heterocycles. The van der Waals surface area contributed by atoms with Crippen LogP contribution in [0.1, 0.15) is 11.3 Å². The Labute approximate surface area is 82.4 Å². The number of anilines is 1. The molecule has 0 aliphatic rings. The highest BCUT2D eigenvalue weighted by Gasteiger charge is 2.07. The van der Waals surface area contributed by atoms with Gasteiger partial charge in [0.25, 0.3) is 5.56 Å². The van der Waals surface area contributed by atoms with Crippen molar-refractivity contribution in [3.63, 3.8) is 0 Å². The predicted molar refractivity (Wildman–Crippen MR) is 54.7 cm³/mol. The zero-order valence-electron chi connectivity index (χ0n) is 8.66. The van der Waals surface area contributed by atoms with Crippen LogP contribution in [0.3, 0.4) is 0 Å². The van der Waals surface area contributed by atoms with Gasteiger partial charge in [-0.2, -0.15) is 0 Å². The van der Waals surface area contributed by atoms with Gasteiger partial charge in [0.1, 0.15) is 0 Å². The average molecular weight is 197 g/mol. The third-order valence-corrected chi connectivity index (χ3v) is 2.00. The van der Waals surface area contributed by atoms with Crippen LogP contribution in [0.4, 0.5) is 5.95 Å². The zero-order chi connectivity index (χ0) is 10.7. The van der Waals surface area contributed by atoms with Crippen LogP contribution in [0.15, 0.2) is 4.79 Å². The molecule has 0 unspecified atom stereocenters. The van der Waals surface area contributed by atoms with E-state index in [0.717, 1.165) is 0 Å². The van der Waals surface area contributed by atoms with Crippen molar-refractivity contribution in [2.45, 2.75) is 13.3 Å². The zero-order valence-corrected chi connectivity index (χ0v) is 8.66. The van der Waals surface area contributed by atoms with E-state index < -0.39 is 0 Å². The van der Waals surface area contributed by atoms with Crippen molar-refractivity contribution >= 4 is 5.95 Å². The minimum absolute atomic E-state index is 0.0348. The molecule has 5 heteroatoms. The Kier molecular flexibility index (Phi) is 3.24. The molecular formula is C9H15N3O2. The van der Waals surface area contributed by atoms with Gasteiger partial charge in [-0.3, -0.25) is 9.78 Å². The van der Waals surface area contributed by atoms with E-state index in [9.17, 15) is 4.79 Å². The van der Waals surface area contributed by atoms with Crippen molar-refractivity contribution in [3.8, 4) is 0 Å². The molecule has 2 N–H and O–H groups in total. The number of aromatic nitrogens is 2. The summed E-state index contributed by atoms with van der Waals surface area (Å²) in [6.07, 6.45) is 0.349. The Morgan fingerprint density at radius 3 is 2.57 bits per heavy atom. The summed E-state index contributed by atoms with van der Waals surface area (Å²) in [4.78, 5) is 20.1. The molecule has 1 aromatic rings. The number of nitrogens with one attached hydrogen (secondary N) is 1. The molecule has 14 heavy (non-hydrogen) atoms. The highest BCUT2D eigenvalue weighted by molar-refractivity contribution is 5.30. The van der Waals surface area contributed by atoms with E-state index in [4.69, 9.17) is 5.11 Å². The van der Waals surface area contributed by atoms with Crippen molar-refractivity contribution in [2.24, 2.45) is 0 Å². The van der Waals surface area contributed by atoms with Gasteiger partial charge < -0.3 is 10.0 Å². The molecule has 0 aliphatic heterocycles. The van der Waals surface area contributed by atoms with E-state index in [0.29, 0.717) is 23.6 Å². The predicted octanol–water partition coefficient (Wildman–Crippen LogP) is -0.321. The first-order valence-electron chi connectivity index (χ1n) is 4.44. The molecule has 1 heterocycles. The smallest absolute Gasteiger partial charge is 0.255 e. The van der Waals surface area contributed by atoms with Crippen molar-refractivity contribution in [1.82, 2.24) is 9.97 Å². The molecule has 78 valence electrons. The van der Waals surface area contributed by atoms with Crippen LogP contribution in [-0.4, -0.2) is 35.8 Å². The summed E-state index contributed by atoms with van der Waals surface area (Å²) in [5.41, 5.74) is 1.06. The van der Waals surface area contributed by atoms with Gasteiger partial charge in [0.05, 0.1) is 5.69 Å². The molecule has 5 nitrogen and oxygen atoms in total. The average Bonchev–Trinajstić information content (AvgIpc) is 2.10. The van der Waals surface area contributed by atoms with Crippen LogP contribution in [0.2, 0.25) is 0 Å². The molecule has 1 aromatic heterocycles. The first-order chi connectivity index (χ1) is 6.56. The van der Waals surface area contributed by atoms with E-state index in [1.165, 1.54) is 0 Å². The molecule has 0 atom stereocenters. The molecular weight excluding hydrogens is 182 g/mol. The number of rotatable bonds is 3. The summed E-state index contributed by atoms with van der Waals surface area (Å²) in [7, 11) is 3.62. The Hall–Kier alpha value is -1.36. The summed E-state index contributed by atoms with van der Waals surface area (Å²) in [5, 5.41) is 8.76. The third-order valence-electron chi connectivity index (χ3n) is 2.00. The Morgan fingerprint density at radius 1 is 1.50 bits per heavy atom.